The summed E-state index contributed by atoms with van der Waals surface area (Å²) in [5, 5.41) is 2.73. The van der Waals surface area contributed by atoms with Crippen molar-refractivity contribution in [2.24, 2.45) is 0 Å². The summed E-state index contributed by atoms with van der Waals surface area (Å²) in [6.07, 6.45) is 8.52. The minimum atomic E-state index is -0.358. The summed E-state index contributed by atoms with van der Waals surface area (Å²) < 4.78 is 19.7. The Hall–Kier alpha value is -2.71. The Morgan fingerprint density at radius 3 is 2.65 bits per heavy atom. The number of ether oxygens (including phenoxy) is 1. The van der Waals surface area contributed by atoms with Crippen molar-refractivity contribution in [2.75, 3.05) is 11.9 Å². The van der Waals surface area contributed by atoms with E-state index in [9.17, 15) is 14.0 Å². The van der Waals surface area contributed by atoms with Crippen LogP contribution in [-0.4, -0.2) is 33.7 Å². The molecule has 2 aromatic rings. The van der Waals surface area contributed by atoms with Crippen LogP contribution in [0.25, 0.3) is 6.08 Å². The van der Waals surface area contributed by atoms with Gasteiger partial charge in [0.05, 0.1) is 11.0 Å². The smallest absolute Gasteiger partial charge is 0.266 e. The van der Waals surface area contributed by atoms with Gasteiger partial charge >= 0.3 is 0 Å². The van der Waals surface area contributed by atoms with Crippen molar-refractivity contribution >= 4 is 51.9 Å². The van der Waals surface area contributed by atoms with Gasteiger partial charge < -0.3 is 10.1 Å². The molecule has 2 fully saturated rings. The zero-order valence-electron chi connectivity index (χ0n) is 18.8. The lowest BCUT2D eigenvalue weighted by atomic mass is 9.97. The minimum absolute atomic E-state index is 0.151. The van der Waals surface area contributed by atoms with E-state index in [0.717, 1.165) is 24.2 Å². The zero-order chi connectivity index (χ0) is 23.9. The lowest BCUT2D eigenvalue weighted by molar-refractivity contribution is -0.122. The average molecular weight is 499 g/mol. The first-order valence-corrected chi connectivity index (χ1v) is 12.8. The first kappa shape index (κ1) is 24.4. The van der Waals surface area contributed by atoms with Crippen LogP contribution in [0.5, 0.6) is 5.75 Å². The average Bonchev–Trinajstić information content (AvgIpc) is 3.10. The quantitative estimate of drug-likeness (QED) is 0.349. The largest absolute Gasteiger partial charge is 0.490 e. The Labute approximate surface area is 208 Å². The second kappa shape index (κ2) is 11.6. The summed E-state index contributed by atoms with van der Waals surface area (Å²) in [5.74, 6) is 0.0866. The molecule has 34 heavy (non-hydrogen) atoms. The maximum Gasteiger partial charge on any atom is 0.266 e. The number of benzene rings is 2. The highest BCUT2D eigenvalue weighted by Gasteiger charge is 2.32. The Bertz CT molecular complexity index is 1080. The SMILES string of the molecule is O=C(CCCN1C(=O)/C(=C/c2ccccc2OC2CCCCC2)SC1=S)Nc1ccc(F)cc1. The van der Waals surface area contributed by atoms with E-state index in [2.05, 4.69) is 5.32 Å². The van der Waals surface area contributed by atoms with Crippen molar-refractivity contribution in [3.05, 3.63) is 64.8 Å². The second-order valence-corrected chi connectivity index (χ2v) is 10.1. The summed E-state index contributed by atoms with van der Waals surface area (Å²) in [6.45, 7) is 0.360. The first-order valence-electron chi connectivity index (χ1n) is 11.6. The number of hydrogen-bond acceptors (Lipinski definition) is 5. The number of nitrogens with one attached hydrogen (secondary N) is 1. The molecule has 1 heterocycles. The van der Waals surface area contributed by atoms with Gasteiger partial charge in [0.2, 0.25) is 5.91 Å². The van der Waals surface area contributed by atoms with Crippen LogP contribution in [0.1, 0.15) is 50.5 Å². The first-order chi connectivity index (χ1) is 16.5. The highest BCUT2D eigenvalue weighted by atomic mass is 32.2. The number of para-hydroxylation sites is 1. The van der Waals surface area contributed by atoms with E-state index in [1.165, 1.54) is 55.3 Å². The molecule has 1 aliphatic carbocycles. The van der Waals surface area contributed by atoms with Crippen molar-refractivity contribution < 1.29 is 18.7 Å². The number of rotatable bonds is 8. The summed E-state index contributed by atoms with van der Waals surface area (Å²) in [6, 6.07) is 13.4. The van der Waals surface area contributed by atoms with Gasteiger partial charge in [-0.3, -0.25) is 14.5 Å². The highest BCUT2D eigenvalue weighted by molar-refractivity contribution is 8.26. The van der Waals surface area contributed by atoms with Gasteiger partial charge in [-0.25, -0.2) is 4.39 Å². The summed E-state index contributed by atoms with van der Waals surface area (Å²) in [4.78, 5) is 27.3. The third kappa shape index (κ3) is 6.45. The Kier molecular flexibility index (Phi) is 8.34. The molecule has 0 bridgehead atoms. The molecule has 178 valence electrons. The van der Waals surface area contributed by atoms with Crippen molar-refractivity contribution in [3.63, 3.8) is 0 Å². The van der Waals surface area contributed by atoms with Crippen LogP contribution in [0.4, 0.5) is 10.1 Å². The molecule has 0 spiro atoms. The zero-order valence-corrected chi connectivity index (χ0v) is 20.4. The van der Waals surface area contributed by atoms with Crippen LogP contribution in [-0.2, 0) is 9.59 Å². The third-order valence-corrected chi connectivity index (χ3v) is 7.22. The molecule has 4 rings (SSSR count). The van der Waals surface area contributed by atoms with Gasteiger partial charge in [-0.15, -0.1) is 0 Å². The molecule has 2 aliphatic rings. The van der Waals surface area contributed by atoms with Gasteiger partial charge in [0.1, 0.15) is 15.9 Å². The van der Waals surface area contributed by atoms with Gasteiger partial charge in [0.15, 0.2) is 0 Å². The van der Waals surface area contributed by atoms with Crippen molar-refractivity contribution in [3.8, 4) is 5.75 Å². The van der Waals surface area contributed by atoms with Gasteiger partial charge in [-0.1, -0.05) is 48.6 Å². The van der Waals surface area contributed by atoms with Gasteiger partial charge in [0, 0.05) is 24.2 Å². The van der Waals surface area contributed by atoms with E-state index in [-0.39, 0.29) is 30.2 Å². The van der Waals surface area contributed by atoms with Gasteiger partial charge in [0.25, 0.3) is 5.91 Å². The molecule has 1 aliphatic heterocycles. The van der Waals surface area contributed by atoms with E-state index in [1.807, 2.05) is 30.3 Å². The monoisotopic (exact) mass is 498 g/mol. The van der Waals surface area contributed by atoms with E-state index in [4.69, 9.17) is 17.0 Å². The molecule has 0 radical (unpaired) electrons. The number of anilines is 1. The molecule has 0 aromatic heterocycles. The van der Waals surface area contributed by atoms with E-state index >= 15 is 0 Å². The van der Waals surface area contributed by atoms with Gasteiger partial charge in [-0.2, -0.15) is 0 Å². The number of carbonyl (C=O) groups excluding carboxylic acids is 2. The maximum atomic E-state index is 13.0. The molecule has 0 unspecified atom stereocenters. The lowest BCUT2D eigenvalue weighted by Gasteiger charge is -2.23. The fourth-order valence-corrected chi connectivity index (χ4v) is 5.36. The number of hydrogen-bond donors (Lipinski definition) is 1. The Morgan fingerprint density at radius 2 is 1.88 bits per heavy atom. The minimum Gasteiger partial charge on any atom is -0.490 e. The molecule has 1 N–H and O–H groups in total. The van der Waals surface area contributed by atoms with Crippen LogP contribution in [0, 0.1) is 5.82 Å². The molecule has 0 atom stereocenters. The predicted octanol–water partition coefficient (Wildman–Crippen LogP) is 6.16. The molecule has 1 saturated heterocycles. The highest BCUT2D eigenvalue weighted by Crippen LogP contribution is 2.35. The van der Waals surface area contributed by atoms with Crippen LogP contribution >= 0.6 is 24.0 Å². The molecular weight excluding hydrogens is 471 g/mol. The lowest BCUT2D eigenvalue weighted by Crippen LogP contribution is -2.29. The molecule has 2 amide bonds. The number of halogens is 1. The predicted molar refractivity (Wildman–Crippen MR) is 138 cm³/mol. The maximum absolute atomic E-state index is 13.0. The van der Waals surface area contributed by atoms with Crippen LogP contribution in [0.15, 0.2) is 53.4 Å². The van der Waals surface area contributed by atoms with Crippen LogP contribution in [0.3, 0.4) is 0 Å². The number of nitrogens with zero attached hydrogens (tertiary/aromatic N) is 1. The van der Waals surface area contributed by atoms with E-state index < -0.39 is 0 Å². The fourth-order valence-electron chi connectivity index (χ4n) is 4.06. The summed E-state index contributed by atoms with van der Waals surface area (Å²) >= 11 is 6.70. The second-order valence-electron chi connectivity index (χ2n) is 8.41. The Morgan fingerprint density at radius 1 is 1.15 bits per heavy atom. The standard InChI is InChI=1S/C26H27FN2O3S2/c27-19-12-14-20(15-13-19)28-24(30)11-6-16-29-25(31)23(34-26(29)33)17-18-7-4-5-10-22(18)32-21-8-2-1-3-9-21/h4-5,7,10,12-15,17,21H,1-3,6,8-9,11,16H2,(H,28,30)/b23-17-. The normalized spacial score (nSPS) is 17.9. The summed E-state index contributed by atoms with van der Waals surface area (Å²) in [5.41, 5.74) is 1.40. The van der Waals surface area contributed by atoms with E-state index in [0.29, 0.717) is 27.9 Å². The van der Waals surface area contributed by atoms with Crippen LogP contribution in [0.2, 0.25) is 0 Å². The number of thiocarbonyl (C=S) groups is 1. The van der Waals surface area contributed by atoms with E-state index in [1.54, 1.807) is 4.90 Å². The molecule has 8 heteroatoms. The fraction of sp³-hybridized carbons (Fsp3) is 0.346. The van der Waals surface area contributed by atoms with Crippen molar-refractivity contribution in [1.82, 2.24) is 4.90 Å². The number of thioether (sulfide) groups is 1. The van der Waals surface area contributed by atoms with Gasteiger partial charge in [-0.05, 0) is 68.5 Å². The topological polar surface area (TPSA) is 58.6 Å². The number of amides is 2. The third-order valence-electron chi connectivity index (χ3n) is 5.84. The van der Waals surface area contributed by atoms with Crippen molar-refractivity contribution in [1.29, 1.82) is 0 Å². The summed E-state index contributed by atoms with van der Waals surface area (Å²) in [7, 11) is 0. The molecule has 1 saturated carbocycles. The number of carbonyl (C=O) groups is 2. The molecule has 5 nitrogen and oxygen atoms in total. The molecule has 2 aromatic carbocycles. The van der Waals surface area contributed by atoms with Crippen LogP contribution < -0.4 is 10.1 Å². The Balaban J connectivity index is 1.33. The van der Waals surface area contributed by atoms with Crippen molar-refractivity contribution in [2.45, 2.75) is 51.0 Å². The molecular formula is C26H27FN2O3S2.